The van der Waals surface area contributed by atoms with Gasteiger partial charge in [-0.05, 0) is 43.3 Å². The fourth-order valence-corrected chi connectivity index (χ4v) is 1.76. The number of aryl methyl sites for hydroxylation is 2. The summed E-state index contributed by atoms with van der Waals surface area (Å²) < 4.78 is 0. The van der Waals surface area contributed by atoms with E-state index in [2.05, 4.69) is 20.9 Å². The average molecular weight is 276 g/mol. The van der Waals surface area contributed by atoms with Gasteiger partial charge < -0.3 is 10.6 Å². The third-order valence-electron chi connectivity index (χ3n) is 2.62. The van der Waals surface area contributed by atoms with Gasteiger partial charge in [0.1, 0.15) is 0 Å². The lowest BCUT2D eigenvalue weighted by Crippen LogP contribution is -2.57. The number of hydrogen-bond donors (Lipinski definition) is 2. The molecule has 1 aromatic rings. The number of nitrogens with one attached hydrogen (secondary N) is 2. The Morgan fingerprint density at radius 2 is 1.79 bits per heavy atom. The molecule has 0 bridgehead atoms. The molecular formula is C12H12N4O2S. The lowest BCUT2D eigenvalue weighted by Gasteiger charge is -2.18. The Morgan fingerprint density at radius 1 is 1.16 bits per heavy atom. The monoisotopic (exact) mass is 276 g/mol. The molecule has 98 valence electrons. The van der Waals surface area contributed by atoms with Crippen LogP contribution in [-0.2, 0) is 9.59 Å². The highest BCUT2D eigenvalue weighted by atomic mass is 32.1. The number of hydrogen-bond acceptors (Lipinski definition) is 5. The highest BCUT2D eigenvalue weighted by Crippen LogP contribution is 2.20. The van der Waals surface area contributed by atoms with Gasteiger partial charge in [0.15, 0.2) is 5.11 Å². The molecule has 1 aromatic carbocycles. The lowest BCUT2D eigenvalue weighted by molar-refractivity contribution is -0.131. The van der Waals surface area contributed by atoms with Gasteiger partial charge in [-0.2, -0.15) is 10.2 Å². The van der Waals surface area contributed by atoms with Gasteiger partial charge in [-0.25, -0.2) is 0 Å². The Hall–Kier alpha value is -2.15. The topological polar surface area (TPSA) is 82.9 Å². The van der Waals surface area contributed by atoms with E-state index in [-0.39, 0.29) is 5.11 Å². The Kier molecular flexibility index (Phi) is 3.66. The summed E-state index contributed by atoms with van der Waals surface area (Å²) >= 11 is 4.69. The van der Waals surface area contributed by atoms with Crippen LogP contribution in [0.25, 0.3) is 0 Å². The van der Waals surface area contributed by atoms with Crippen molar-refractivity contribution in [2.75, 3.05) is 0 Å². The lowest BCUT2D eigenvalue weighted by atomic mass is 10.1. The van der Waals surface area contributed by atoms with Crippen molar-refractivity contribution < 1.29 is 9.59 Å². The molecule has 2 N–H and O–H groups in total. The maximum atomic E-state index is 11.6. The van der Waals surface area contributed by atoms with Crippen LogP contribution in [0.2, 0.25) is 0 Å². The average Bonchev–Trinajstić information content (AvgIpc) is 2.32. The highest BCUT2D eigenvalue weighted by molar-refractivity contribution is 7.80. The van der Waals surface area contributed by atoms with Crippen LogP contribution < -0.4 is 10.6 Å². The SMILES string of the molecule is Cc1ccc(C)c(N=NC2C(=O)NC(=S)NC2=O)c1. The van der Waals surface area contributed by atoms with Gasteiger partial charge in [0.25, 0.3) is 11.8 Å². The molecule has 1 heterocycles. The highest BCUT2D eigenvalue weighted by Gasteiger charge is 2.32. The number of nitrogens with zero attached hydrogens (tertiary/aromatic N) is 2. The molecule has 1 aliphatic rings. The summed E-state index contributed by atoms with van der Waals surface area (Å²) in [7, 11) is 0. The van der Waals surface area contributed by atoms with Crippen molar-refractivity contribution in [1.82, 2.24) is 10.6 Å². The van der Waals surface area contributed by atoms with Crippen LogP contribution in [0.5, 0.6) is 0 Å². The van der Waals surface area contributed by atoms with E-state index in [0.29, 0.717) is 5.69 Å². The van der Waals surface area contributed by atoms with Crippen molar-refractivity contribution in [3.8, 4) is 0 Å². The number of thiocarbonyl (C=S) groups is 1. The number of amides is 2. The van der Waals surface area contributed by atoms with Crippen LogP contribution in [0, 0.1) is 13.8 Å². The zero-order valence-corrected chi connectivity index (χ0v) is 11.2. The van der Waals surface area contributed by atoms with E-state index in [1.54, 1.807) is 0 Å². The molecule has 2 amide bonds. The number of carbonyl (C=O) groups is 2. The maximum Gasteiger partial charge on any atom is 0.262 e. The minimum Gasteiger partial charge on any atom is -0.300 e. The van der Waals surface area contributed by atoms with E-state index in [9.17, 15) is 9.59 Å². The first kappa shape index (κ1) is 13.3. The van der Waals surface area contributed by atoms with E-state index < -0.39 is 17.9 Å². The van der Waals surface area contributed by atoms with Crippen molar-refractivity contribution in [3.63, 3.8) is 0 Å². The summed E-state index contributed by atoms with van der Waals surface area (Å²) in [5, 5.41) is 12.4. The van der Waals surface area contributed by atoms with Gasteiger partial charge in [0.2, 0.25) is 6.04 Å². The third-order valence-corrected chi connectivity index (χ3v) is 2.82. The zero-order valence-electron chi connectivity index (χ0n) is 10.4. The molecule has 2 rings (SSSR count). The molecular weight excluding hydrogens is 264 g/mol. The fraction of sp³-hybridized carbons (Fsp3) is 0.250. The molecule has 0 spiro atoms. The molecule has 0 aliphatic carbocycles. The van der Waals surface area contributed by atoms with Gasteiger partial charge in [0.05, 0.1) is 5.69 Å². The number of azo groups is 1. The normalized spacial score (nSPS) is 16.6. The van der Waals surface area contributed by atoms with Crippen molar-refractivity contribution in [1.29, 1.82) is 0 Å². The van der Waals surface area contributed by atoms with E-state index in [0.717, 1.165) is 11.1 Å². The molecule has 0 radical (unpaired) electrons. The van der Waals surface area contributed by atoms with E-state index >= 15 is 0 Å². The number of rotatable bonds is 2. The Labute approximate surface area is 115 Å². The van der Waals surface area contributed by atoms with Crippen LogP contribution in [0.4, 0.5) is 5.69 Å². The quantitative estimate of drug-likeness (QED) is 0.485. The molecule has 1 fully saturated rings. The second-order valence-electron chi connectivity index (χ2n) is 4.22. The first-order valence-electron chi connectivity index (χ1n) is 5.61. The summed E-state index contributed by atoms with van der Waals surface area (Å²) in [6.07, 6.45) is 0. The largest absolute Gasteiger partial charge is 0.300 e. The first-order valence-corrected chi connectivity index (χ1v) is 6.02. The Balaban J connectivity index is 2.22. The fourth-order valence-electron chi connectivity index (χ4n) is 1.56. The smallest absolute Gasteiger partial charge is 0.262 e. The molecule has 0 atom stereocenters. The molecule has 7 heteroatoms. The Bertz CT molecular complexity index is 577. The summed E-state index contributed by atoms with van der Waals surface area (Å²) in [5.41, 5.74) is 2.58. The van der Waals surface area contributed by atoms with Crippen LogP contribution in [-0.4, -0.2) is 23.0 Å². The second-order valence-corrected chi connectivity index (χ2v) is 4.62. The summed E-state index contributed by atoms with van der Waals surface area (Å²) in [4.78, 5) is 23.2. The van der Waals surface area contributed by atoms with E-state index in [4.69, 9.17) is 12.2 Å². The van der Waals surface area contributed by atoms with Crippen molar-refractivity contribution >= 4 is 34.8 Å². The molecule has 0 unspecified atom stereocenters. The third kappa shape index (κ3) is 3.00. The van der Waals surface area contributed by atoms with E-state index in [1.165, 1.54) is 0 Å². The molecule has 1 saturated heterocycles. The Morgan fingerprint density at radius 3 is 2.42 bits per heavy atom. The van der Waals surface area contributed by atoms with Crippen LogP contribution >= 0.6 is 12.2 Å². The van der Waals surface area contributed by atoms with E-state index in [1.807, 2.05) is 32.0 Å². The summed E-state index contributed by atoms with van der Waals surface area (Å²) in [6, 6.07) is 4.49. The molecule has 0 aromatic heterocycles. The van der Waals surface area contributed by atoms with Crippen LogP contribution in [0.3, 0.4) is 0 Å². The standard InChI is InChI=1S/C12H12N4O2S/c1-6-3-4-7(2)8(5-6)15-16-9-10(17)13-12(19)14-11(9)18/h3-5,9H,1-2H3,(H2,13,14,17,18,19). The van der Waals surface area contributed by atoms with Crippen molar-refractivity contribution in [2.45, 2.75) is 19.9 Å². The van der Waals surface area contributed by atoms with Gasteiger partial charge in [0, 0.05) is 0 Å². The van der Waals surface area contributed by atoms with Crippen LogP contribution in [0.1, 0.15) is 11.1 Å². The summed E-state index contributed by atoms with van der Waals surface area (Å²) in [6.45, 7) is 3.81. The predicted molar refractivity (Wildman–Crippen MR) is 73.1 cm³/mol. The molecule has 0 saturated carbocycles. The minimum atomic E-state index is -1.20. The van der Waals surface area contributed by atoms with Gasteiger partial charge in [-0.3, -0.25) is 9.59 Å². The number of carbonyl (C=O) groups excluding carboxylic acids is 2. The minimum absolute atomic E-state index is 0.00631. The maximum absolute atomic E-state index is 11.6. The van der Waals surface area contributed by atoms with Gasteiger partial charge in [-0.1, -0.05) is 12.1 Å². The van der Waals surface area contributed by atoms with Gasteiger partial charge in [-0.15, -0.1) is 0 Å². The number of benzene rings is 1. The van der Waals surface area contributed by atoms with Crippen LogP contribution in [0.15, 0.2) is 28.4 Å². The predicted octanol–water partition coefficient (Wildman–Crippen LogP) is 1.29. The summed E-state index contributed by atoms with van der Waals surface area (Å²) in [5.74, 6) is -1.13. The van der Waals surface area contributed by atoms with Gasteiger partial charge >= 0.3 is 0 Å². The van der Waals surface area contributed by atoms with Crippen molar-refractivity contribution in [3.05, 3.63) is 29.3 Å². The zero-order chi connectivity index (χ0) is 14.0. The first-order chi connectivity index (χ1) is 8.97. The van der Waals surface area contributed by atoms with Crippen molar-refractivity contribution in [2.24, 2.45) is 10.2 Å². The molecule has 19 heavy (non-hydrogen) atoms. The second kappa shape index (κ2) is 5.23. The molecule has 6 nitrogen and oxygen atoms in total. The molecule has 1 aliphatic heterocycles.